The molecular formula is C14H21N3. The molecule has 0 bridgehead atoms. The molecule has 1 saturated heterocycles. The first kappa shape index (κ1) is 11.2. The fraction of sp³-hybridized carbons (Fsp3) is 0.643. The van der Waals surface area contributed by atoms with Gasteiger partial charge in [0.15, 0.2) is 0 Å². The molecule has 0 amide bonds. The highest BCUT2D eigenvalue weighted by atomic mass is 15.3. The van der Waals surface area contributed by atoms with E-state index in [0.717, 1.165) is 13.1 Å². The highest BCUT2D eigenvalue weighted by molar-refractivity contribution is 5.10. The van der Waals surface area contributed by atoms with Crippen LogP contribution in [0.5, 0.6) is 0 Å². The Bertz CT molecular complexity index is 357. The summed E-state index contributed by atoms with van der Waals surface area (Å²) in [6, 6.07) is 4.23. The minimum Gasteiger partial charge on any atom is -0.314 e. The van der Waals surface area contributed by atoms with Crippen molar-refractivity contribution in [3.63, 3.8) is 0 Å². The van der Waals surface area contributed by atoms with E-state index in [1.54, 1.807) is 0 Å². The van der Waals surface area contributed by atoms with Gasteiger partial charge < -0.3 is 5.32 Å². The number of rotatable bonds is 2. The monoisotopic (exact) mass is 231 g/mol. The molecule has 3 rings (SSSR count). The van der Waals surface area contributed by atoms with Crippen molar-refractivity contribution in [3.8, 4) is 0 Å². The quantitative estimate of drug-likeness (QED) is 0.841. The molecule has 1 aliphatic heterocycles. The topological polar surface area (TPSA) is 28.2 Å². The first-order valence-corrected chi connectivity index (χ1v) is 6.74. The lowest BCUT2D eigenvalue weighted by Crippen LogP contribution is -2.59. The van der Waals surface area contributed by atoms with Crippen LogP contribution in [0.2, 0.25) is 0 Å². The number of hydrogen-bond donors (Lipinski definition) is 1. The van der Waals surface area contributed by atoms with Gasteiger partial charge in [0, 0.05) is 44.1 Å². The third-order valence-electron chi connectivity index (χ3n) is 4.31. The third kappa shape index (κ3) is 2.22. The van der Waals surface area contributed by atoms with E-state index in [-0.39, 0.29) is 0 Å². The van der Waals surface area contributed by atoms with Gasteiger partial charge in [0.05, 0.1) is 0 Å². The largest absolute Gasteiger partial charge is 0.314 e. The van der Waals surface area contributed by atoms with Gasteiger partial charge in [-0.2, -0.15) is 0 Å². The van der Waals surface area contributed by atoms with Crippen molar-refractivity contribution in [2.45, 2.75) is 37.8 Å². The summed E-state index contributed by atoms with van der Waals surface area (Å²) in [5, 5.41) is 3.58. The third-order valence-corrected chi connectivity index (χ3v) is 4.31. The summed E-state index contributed by atoms with van der Waals surface area (Å²) in [6.45, 7) is 4.54. The van der Waals surface area contributed by atoms with E-state index >= 15 is 0 Å². The predicted molar refractivity (Wildman–Crippen MR) is 68.7 cm³/mol. The van der Waals surface area contributed by atoms with Gasteiger partial charge in [0.1, 0.15) is 0 Å². The minimum atomic E-state index is 0.439. The van der Waals surface area contributed by atoms with Crippen molar-refractivity contribution in [1.82, 2.24) is 15.2 Å². The zero-order chi connectivity index (χ0) is 11.6. The lowest BCUT2D eigenvalue weighted by atomic mass is 9.92. The standard InChI is InChI=1S/C14H21N3/c1-2-6-14(5-1)12-16-8-9-17(14)11-13-4-3-7-15-10-13/h3-4,7,10,16H,1-2,5-6,8-9,11-12H2. The van der Waals surface area contributed by atoms with E-state index in [1.807, 2.05) is 18.5 Å². The molecule has 17 heavy (non-hydrogen) atoms. The number of nitrogens with one attached hydrogen (secondary N) is 1. The Kier molecular flexibility index (Phi) is 3.12. The maximum atomic E-state index is 4.22. The van der Waals surface area contributed by atoms with Gasteiger partial charge in [-0.25, -0.2) is 0 Å². The van der Waals surface area contributed by atoms with Gasteiger partial charge in [-0.3, -0.25) is 9.88 Å². The molecule has 1 aromatic heterocycles. The summed E-state index contributed by atoms with van der Waals surface area (Å²) in [4.78, 5) is 6.91. The Morgan fingerprint density at radius 3 is 3.00 bits per heavy atom. The van der Waals surface area contributed by atoms with E-state index in [4.69, 9.17) is 0 Å². The fourth-order valence-corrected chi connectivity index (χ4v) is 3.37. The smallest absolute Gasteiger partial charge is 0.0338 e. The molecule has 0 atom stereocenters. The summed E-state index contributed by atoms with van der Waals surface area (Å²) >= 11 is 0. The van der Waals surface area contributed by atoms with Crippen molar-refractivity contribution >= 4 is 0 Å². The SMILES string of the molecule is c1cncc(CN2CCNCC23CCCC3)c1. The van der Waals surface area contributed by atoms with Gasteiger partial charge in [-0.1, -0.05) is 18.9 Å². The summed E-state index contributed by atoms with van der Waals surface area (Å²) in [5.74, 6) is 0. The molecule has 1 N–H and O–H groups in total. The van der Waals surface area contributed by atoms with Crippen LogP contribution in [0.3, 0.4) is 0 Å². The van der Waals surface area contributed by atoms with Crippen molar-refractivity contribution in [3.05, 3.63) is 30.1 Å². The number of nitrogens with zero attached hydrogens (tertiary/aromatic N) is 2. The molecular weight excluding hydrogens is 210 g/mol. The van der Waals surface area contributed by atoms with Crippen LogP contribution in [0, 0.1) is 0 Å². The Morgan fingerprint density at radius 1 is 1.35 bits per heavy atom. The summed E-state index contributed by atoms with van der Waals surface area (Å²) < 4.78 is 0. The van der Waals surface area contributed by atoms with Gasteiger partial charge in [0.25, 0.3) is 0 Å². The second-order valence-corrected chi connectivity index (χ2v) is 5.39. The van der Waals surface area contributed by atoms with E-state index < -0.39 is 0 Å². The van der Waals surface area contributed by atoms with E-state index in [9.17, 15) is 0 Å². The first-order chi connectivity index (χ1) is 8.39. The van der Waals surface area contributed by atoms with Crippen molar-refractivity contribution in [2.75, 3.05) is 19.6 Å². The zero-order valence-electron chi connectivity index (χ0n) is 10.4. The Hall–Kier alpha value is -0.930. The molecule has 1 saturated carbocycles. The Labute approximate surface area is 103 Å². The molecule has 3 heteroatoms. The maximum Gasteiger partial charge on any atom is 0.0338 e. The normalized spacial score (nSPS) is 24.2. The predicted octanol–water partition coefficient (Wildman–Crippen LogP) is 1.80. The van der Waals surface area contributed by atoms with Crippen LogP contribution in [0.15, 0.2) is 24.5 Å². The Balaban J connectivity index is 1.76. The number of piperazine rings is 1. The van der Waals surface area contributed by atoms with Gasteiger partial charge in [-0.05, 0) is 24.5 Å². The molecule has 1 spiro atoms. The summed E-state index contributed by atoms with van der Waals surface area (Å²) in [5.41, 5.74) is 1.79. The van der Waals surface area contributed by atoms with Gasteiger partial charge >= 0.3 is 0 Å². The molecule has 2 heterocycles. The number of aromatic nitrogens is 1. The number of hydrogen-bond acceptors (Lipinski definition) is 3. The zero-order valence-corrected chi connectivity index (χ0v) is 10.4. The van der Waals surface area contributed by atoms with Crippen LogP contribution in [0.1, 0.15) is 31.2 Å². The van der Waals surface area contributed by atoms with Crippen LogP contribution in [-0.2, 0) is 6.54 Å². The van der Waals surface area contributed by atoms with Crippen molar-refractivity contribution in [1.29, 1.82) is 0 Å². The highest BCUT2D eigenvalue weighted by Crippen LogP contribution is 2.36. The molecule has 2 fully saturated rings. The number of pyridine rings is 1. The molecule has 2 aliphatic rings. The molecule has 1 aliphatic carbocycles. The second-order valence-electron chi connectivity index (χ2n) is 5.39. The van der Waals surface area contributed by atoms with Crippen molar-refractivity contribution < 1.29 is 0 Å². The van der Waals surface area contributed by atoms with Gasteiger partial charge in [-0.15, -0.1) is 0 Å². The lowest BCUT2D eigenvalue weighted by molar-refractivity contribution is 0.0572. The van der Waals surface area contributed by atoms with E-state index in [1.165, 1.54) is 44.3 Å². The van der Waals surface area contributed by atoms with Gasteiger partial charge in [0.2, 0.25) is 0 Å². The summed E-state index contributed by atoms with van der Waals surface area (Å²) in [7, 11) is 0. The molecule has 0 unspecified atom stereocenters. The molecule has 92 valence electrons. The molecule has 3 nitrogen and oxygen atoms in total. The van der Waals surface area contributed by atoms with Crippen LogP contribution in [0.25, 0.3) is 0 Å². The summed E-state index contributed by atoms with van der Waals surface area (Å²) in [6.07, 6.45) is 9.37. The second kappa shape index (κ2) is 4.75. The van der Waals surface area contributed by atoms with Crippen LogP contribution in [0.4, 0.5) is 0 Å². The van der Waals surface area contributed by atoms with E-state index in [2.05, 4.69) is 21.3 Å². The highest BCUT2D eigenvalue weighted by Gasteiger charge is 2.40. The van der Waals surface area contributed by atoms with E-state index in [0.29, 0.717) is 5.54 Å². The fourth-order valence-electron chi connectivity index (χ4n) is 3.37. The van der Waals surface area contributed by atoms with Crippen LogP contribution < -0.4 is 5.32 Å². The lowest BCUT2D eigenvalue weighted by Gasteiger charge is -2.45. The average Bonchev–Trinajstić information content (AvgIpc) is 2.83. The molecule has 0 aromatic carbocycles. The van der Waals surface area contributed by atoms with Crippen LogP contribution >= 0.6 is 0 Å². The first-order valence-electron chi connectivity index (χ1n) is 6.74. The molecule has 1 aromatic rings. The molecule has 0 radical (unpaired) electrons. The van der Waals surface area contributed by atoms with Crippen molar-refractivity contribution in [2.24, 2.45) is 0 Å². The minimum absolute atomic E-state index is 0.439. The Morgan fingerprint density at radius 2 is 2.24 bits per heavy atom. The maximum absolute atomic E-state index is 4.22. The average molecular weight is 231 g/mol. The van der Waals surface area contributed by atoms with Crippen LogP contribution in [-0.4, -0.2) is 35.1 Å².